The van der Waals surface area contributed by atoms with Gasteiger partial charge in [-0.3, -0.25) is 4.79 Å². The van der Waals surface area contributed by atoms with Gasteiger partial charge in [-0.05, 0) is 31.4 Å². The molecule has 1 amide bonds. The monoisotopic (exact) mass is 220 g/mol. The lowest BCUT2D eigenvalue weighted by atomic mass is 9.93. The first-order chi connectivity index (χ1) is 7.74. The fraction of sp³-hybridized carbons (Fsp3) is 0.417. The molecule has 0 heterocycles. The Morgan fingerprint density at radius 1 is 1.50 bits per heavy atom. The molecule has 4 heteroatoms. The van der Waals surface area contributed by atoms with Gasteiger partial charge in [0.1, 0.15) is 5.75 Å². The molecule has 16 heavy (non-hydrogen) atoms. The molecule has 0 bridgehead atoms. The molecule has 1 saturated carbocycles. The smallest absolute Gasteiger partial charge is 0.258 e. The predicted octanol–water partition coefficient (Wildman–Crippen LogP) is 1.32. The topological polar surface area (TPSA) is 64.3 Å². The van der Waals surface area contributed by atoms with E-state index in [1.54, 1.807) is 24.3 Å². The molecule has 0 saturated heterocycles. The predicted molar refractivity (Wildman–Crippen MR) is 62.1 cm³/mol. The van der Waals surface area contributed by atoms with E-state index in [1.165, 1.54) is 6.42 Å². The number of carbonyl (C=O) groups excluding carboxylic acids is 1. The maximum absolute atomic E-state index is 11.4. The molecule has 0 radical (unpaired) electrons. The fourth-order valence-corrected chi connectivity index (χ4v) is 1.58. The van der Waals surface area contributed by atoms with E-state index in [9.17, 15) is 4.79 Å². The molecule has 0 aliphatic heterocycles. The zero-order valence-corrected chi connectivity index (χ0v) is 9.11. The van der Waals surface area contributed by atoms with Gasteiger partial charge in [-0.1, -0.05) is 6.07 Å². The van der Waals surface area contributed by atoms with Gasteiger partial charge in [0.05, 0.1) is 0 Å². The van der Waals surface area contributed by atoms with Crippen LogP contribution in [0.2, 0.25) is 0 Å². The highest BCUT2D eigenvalue weighted by Crippen LogP contribution is 2.18. The third-order valence-electron chi connectivity index (χ3n) is 2.70. The summed E-state index contributed by atoms with van der Waals surface area (Å²) in [5.74, 6) is 0.566. The van der Waals surface area contributed by atoms with Crippen molar-refractivity contribution in [3.63, 3.8) is 0 Å². The van der Waals surface area contributed by atoms with Crippen LogP contribution in [0.5, 0.6) is 5.75 Å². The summed E-state index contributed by atoms with van der Waals surface area (Å²) in [4.78, 5) is 11.4. The number of hydrogen-bond donors (Lipinski definition) is 2. The van der Waals surface area contributed by atoms with Crippen molar-refractivity contribution in [3.05, 3.63) is 24.3 Å². The van der Waals surface area contributed by atoms with Gasteiger partial charge < -0.3 is 15.8 Å². The van der Waals surface area contributed by atoms with Crippen molar-refractivity contribution in [2.24, 2.45) is 0 Å². The summed E-state index contributed by atoms with van der Waals surface area (Å²) in [5, 5.41) is 2.91. The lowest BCUT2D eigenvalue weighted by Gasteiger charge is -2.26. The van der Waals surface area contributed by atoms with Crippen molar-refractivity contribution in [2.45, 2.75) is 25.3 Å². The van der Waals surface area contributed by atoms with Crippen molar-refractivity contribution >= 4 is 11.6 Å². The summed E-state index contributed by atoms with van der Waals surface area (Å²) in [7, 11) is 0. The lowest BCUT2D eigenvalue weighted by molar-refractivity contribution is -0.124. The van der Waals surface area contributed by atoms with E-state index in [0.29, 0.717) is 17.5 Å². The normalized spacial score (nSPS) is 15.2. The van der Waals surface area contributed by atoms with Crippen LogP contribution in [0.25, 0.3) is 0 Å². The SMILES string of the molecule is Nc1cccc(OCC(=O)NC2CCC2)c1. The molecule has 2 rings (SSSR count). The number of nitrogens with one attached hydrogen (secondary N) is 1. The number of benzene rings is 1. The number of hydrogen-bond acceptors (Lipinski definition) is 3. The van der Waals surface area contributed by atoms with E-state index >= 15 is 0 Å². The van der Waals surface area contributed by atoms with Crippen molar-refractivity contribution in [1.29, 1.82) is 0 Å². The van der Waals surface area contributed by atoms with Crippen LogP contribution in [0.4, 0.5) is 5.69 Å². The Morgan fingerprint density at radius 3 is 2.94 bits per heavy atom. The zero-order valence-electron chi connectivity index (χ0n) is 9.11. The number of anilines is 1. The highest BCUT2D eigenvalue weighted by atomic mass is 16.5. The van der Waals surface area contributed by atoms with E-state index in [-0.39, 0.29) is 12.5 Å². The van der Waals surface area contributed by atoms with Crippen LogP contribution in [0.3, 0.4) is 0 Å². The number of nitrogens with two attached hydrogens (primary N) is 1. The molecule has 1 aliphatic rings. The number of carbonyl (C=O) groups is 1. The molecule has 0 aromatic heterocycles. The van der Waals surface area contributed by atoms with Gasteiger partial charge in [0.25, 0.3) is 5.91 Å². The van der Waals surface area contributed by atoms with Crippen molar-refractivity contribution in [1.82, 2.24) is 5.32 Å². The number of rotatable bonds is 4. The molecule has 1 fully saturated rings. The van der Waals surface area contributed by atoms with Crippen molar-refractivity contribution in [3.8, 4) is 5.75 Å². The summed E-state index contributed by atoms with van der Waals surface area (Å²) in [5.41, 5.74) is 6.23. The number of amides is 1. The van der Waals surface area contributed by atoms with Crippen LogP contribution in [0.1, 0.15) is 19.3 Å². The first-order valence-corrected chi connectivity index (χ1v) is 5.52. The molecule has 0 atom stereocenters. The zero-order chi connectivity index (χ0) is 11.4. The molecule has 86 valence electrons. The summed E-state index contributed by atoms with van der Waals surface area (Å²) < 4.78 is 5.33. The van der Waals surface area contributed by atoms with Gasteiger partial charge in [0.2, 0.25) is 0 Å². The Labute approximate surface area is 94.8 Å². The Balaban J connectivity index is 1.75. The molecule has 0 unspecified atom stereocenters. The molecular weight excluding hydrogens is 204 g/mol. The standard InChI is InChI=1S/C12H16N2O2/c13-9-3-1-6-11(7-9)16-8-12(15)14-10-4-2-5-10/h1,3,6-7,10H,2,4-5,8,13H2,(H,14,15). The largest absolute Gasteiger partial charge is 0.484 e. The lowest BCUT2D eigenvalue weighted by Crippen LogP contribution is -2.41. The van der Waals surface area contributed by atoms with Crippen LogP contribution < -0.4 is 15.8 Å². The second kappa shape index (κ2) is 4.88. The van der Waals surface area contributed by atoms with Crippen molar-refractivity contribution < 1.29 is 9.53 Å². The molecule has 1 aromatic carbocycles. The Hall–Kier alpha value is -1.71. The minimum atomic E-state index is -0.0628. The fourth-order valence-electron chi connectivity index (χ4n) is 1.58. The second-order valence-corrected chi connectivity index (χ2v) is 4.06. The Bertz CT molecular complexity index is 375. The average Bonchev–Trinajstić information content (AvgIpc) is 2.21. The third-order valence-corrected chi connectivity index (χ3v) is 2.70. The van der Waals surface area contributed by atoms with Crippen LogP contribution in [-0.4, -0.2) is 18.6 Å². The van der Waals surface area contributed by atoms with Gasteiger partial charge in [0.15, 0.2) is 6.61 Å². The molecule has 1 aromatic rings. The first-order valence-electron chi connectivity index (χ1n) is 5.52. The Morgan fingerprint density at radius 2 is 2.31 bits per heavy atom. The summed E-state index contributed by atoms with van der Waals surface area (Å²) >= 11 is 0. The number of nitrogen functional groups attached to an aromatic ring is 1. The Kier molecular flexibility index (Phi) is 3.29. The second-order valence-electron chi connectivity index (χ2n) is 4.06. The van der Waals surface area contributed by atoms with Crippen LogP contribution in [0.15, 0.2) is 24.3 Å². The minimum Gasteiger partial charge on any atom is -0.484 e. The maximum atomic E-state index is 11.4. The summed E-state index contributed by atoms with van der Waals surface area (Å²) in [6, 6.07) is 7.43. The first kappa shape index (κ1) is 10.8. The maximum Gasteiger partial charge on any atom is 0.258 e. The van der Waals surface area contributed by atoms with E-state index in [1.807, 2.05) is 0 Å². The van der Waals surface area contributed by atoms with Gasteiger partial charge >= 0.3 is 0 Å². The number of ether oxygens (including phenoxy) is 1. The van der Waals surface area contributed by atoms with E-state index in [0.717, 1.165) is 12.8 Å². The molecule has 1 aliphatic carbocycles. The van der Waals surface area contributed by atoms with Crippen LogP contribution in [0, 0.1) is 0 Å². The average molecular weight is 220 g/mol. The summed E-state index contributed by atoms with van der Waals surface area (Å²) in [6.07, 6.45) is 3.38. The van der Waals surface area contributed by atoms with Gasteiger partial charge in [-0.15, -0.1) is 0 Å². The quantitative estimate of drug-likeness (QED) is 0.752. The van der Waals surface area contributed by atoms with E-state index in [4.69, 9.17) is 10.5 Å². The highest BCUT2D eigenvalue weighted by molar-refractivity contribution is 5.78. The summed E-state index contributed by atoms with van der Waals surface area (Å²) in [6.45, 7) is 0.0555. The van der Waals surface area contributed by atoms with Gasteiger partial charge in [-0.2, -0.15) is 0 Å². The van der Waals surface area contributed by atoms with Crippen molar-refractivity contribution in [2.75, 3.05) is 12.3 Å². The van der Waals surface area contributed by atoms with Crippen LogP contribution in [-0.2, 0) is 4.79 Å². The van der Waals surface area contributed by atoms with E-state index < -0.39 is 0 Å². The van der Waals surface area contributed by atoms with Crippen LogP contribution >= 0.6 is 0 Å². The molecule has 0 spiro atoms. The molecular formula is C12H16N2O2. The minimum absolute atomic E-state index is 0.0555. The van der Waals surface area contributed by atoms with Gasteiger partial charge in [0, 0.05) is 17.8 Å². The van der Waals surface area contributed by atoms with E-state index in [2.05, 4.69) is 5.32 Å². The molecule has 3 N–H and O–H groups in total. The highest BCUT2D eigenvalue weighted by Gasteiger charge is 2.19. The third kappa shape index (κ3) is 2.89. The van der Waals surface area contributed by atoms with Gasteiger partial charge in [-0.25, -0.2) is 0 Å². The molecule has 4 nitrogen and oxygen atoms in total.